The molecule has 0 aliphatic rings. The standard InChI is InChI=1S/Ag.Bi.2O.Sn. The average molecular weight is 468 g/mol. The Balaban J connectivity index is -0.0000000133. The molecule has 0 aromatic heterocycles. The molecule has 0 amide bonds. The second-order valence-electron chi connectivity index (χ2n) is 0. The summed E-state index contributed by atoms with van der Waals surface area (Å²) in [6.45, 7) is 0. The maximum atomic E-state index is 8.36. The first-order valence-electron chi connectivity index (χ1n) is 0.387. The van der Waals surface area contributed by atoms with Gasteiger partial charge in [-0.15, -0.1) is 0 Å². The van der Waals surface area contributed by atoms with Crippen LogP contribution >= 0.6 is 0 Å². The molecule has 0 fully saturated rings. The van der Waals surface area contributed by atoms with Gasteiger partial charge in [0.2, 0.25) is 0 Å². The fraction of sp³-hybridized carbons (Fsp3) is 0. The van der Waals surface area contributed by atoms with E-state index < -0.39 is 0 Å². The van der Waals surface area contributed by atoms with Gasteiger partial charge in [0, 0.05) is 22.4 Å². The van der Waals surface area contributed by atoms with Crippen LogP contribution in [0.25, 0.3) is 0 Å². The van der Waals surface area contributed by atoms with Crippen LogP contribution in [0.1, 0.15) is 0 Å². The minimum absolute atomic E-state index is 0. The summed E-state index contributed by atoms with van der Waals surface area (Å²) in [6, 6.07) is 0. The topological polar surface area (TPSA) is 34.1 Å². The minimum atomic E-state index is 0. The summed E-state index contributed by atoms with van der Waals surface area (Å²) in [7, 11) is 0. The molecule has 0 rings (SSSR count). The molecule has 0 saturated heterocycles. The molecule has 32 valence electrons. The van der Waals surface area contributed by atoms with Crippen LogP contribution in [0.2, 0.25) is 0 Å². The Morgan fingerprint density at radius 2 is 1.20 bits per heavy atom. The van der Waals surface area contributed by atoms with Crippen molar-refractivity contribution in [1.29, 1.82) is 0 Å². The maximum absolute atomic E-state index is 8.36. The molecule has 0 aromatic carbocycles. The van der Waals surface area contributed by atoms with E-state index >= 15 is 0 Å². The Hall–Kier alpha value is 2.02. The van der Waals surface area contributed by atoms with E-state index in [0.717, 1.165) is 0 Å². The zero-order chi connectivity index (χ0) is 4.00. The van der Waals surface area contributed by atoms with Crippen LogP contribution in [0.4, 0.5) is 0 Å². The third-order valence-corrected chi connectivity index (χ3v) is 0. The summed E-state index contributed by atoms with van der Waals surface area (Å²) in [5.74, 6) is 0. The number of hydrogen-bond donors (Lipinski definition) is 0. The first-order valence-corrected chi connectivity index (χ1v) is 2.97. The molecule has 0 aliphatic carbocycles. The van der Waals surface area contributed by atoms with Crippen molar-refractivity contribution in [1.82, 2.24) is 0 Å². The molecule has 5 heavy (non-hydrogen) atoms. The molecule has 0 atom stereocenters. The van der Waals surface area contributed by atoms with E-state index in [1.807, 2.05) is 0 Å². The van der Waals surface area contributed by atoms with Gasteiger partial charge >= 0.3 is 53.1 Å². The Labute approximate surface area is 74.4 Å². The third kappa shape index (κ3) is 23.8. The van der Waals surface area contributed by atoms with E-state index in [9.17, 15) is 0 Å². The van der Waals surface area contributed by atoms with E-state index in [2.05, 4.69) is 0 Å². The van der Waals surface area contributed by atoms with Gasteiger partial charge in [0.1, 0.15) is 0 Å². The molecule has 0 aromatic rings. The predicted molar refractivity (Wildman–Crippen MR) is 12.9 cm³/mol. The summed E-state index contributed by atoms with van der Waals surface area (Å²) in [6.07, 6.45) is 0. The summed E-state index contributed by atoms with van der Waals surface area (Å²) < 4.78 is 16.7. The molecule has 0 aliphatic heterocycles. The molecule has 0 heterocycles. The Bertz CT molecular complexity index is 11.6. The molecule has 4 radical (unpaired) electrons. The summed E-state index contributed by atoms with van der Waals surface area (Å²) in [4.78, 5) is 0. The summed E-state index contributed by atoms with van der Waals surface area (Å²) in [5, 5.41) is 0. The Morgan fingerprint density at radius 3 is 1.20 bits per heavy atom. The van der Waals surface area contributed by atoms with Crippen molar-refractivity contribution in [2.24, 2.45) is 0 Å². The van der Waals surface area contributed by atoms with Gasteiger partial charge in [-0.1, -0.05) is 0 Å². The molecule has 0 bridgehead atoms. The van der Waals surface area contributed by atoms with Crippen LogP contribution in [0.15, 0.2) is 0 Å². The van der Waals surface area contributed by atoms with Gasteiger partial charge in [-0.05, 0) is 0 Å². The van der Waals surface area contributed by atoms with Crippen molar-refractivity contribution in [3.05, 3.63) is 0 Å². The van der Waals surface area contributed by atoms with Gasteiger partial charge in [0.05, 0.1) is 0 Å². The van der Waals surface area contributed by atoms with E-state index in [0.29, 0.717) is 22.5 Å². The fourth-order valence-electron chi connectivity index (χ4n) is 0. The van der Waals surface area contributed by atoms with Crippen molar-refractivity contribution in [3.8, 4) is 0 Å². The molecule has 0 unspecified atom stereocenters. The zero-order valence-corrected chi connectivity index (χ0v) is 9.88. The van der Waals surface area contributed by atoms with Crippen LogP contribution in [0.3, 0.4) is 0 Å². The van der Waals surface area contributed by atoms with E-state index in [1.54, 1.807) is 0 Å². The van der Waals surface area contributed by atoms with Crippen molar-refractivity contribution >= 4 is 47.2 Å². The molecular formula is AgBiO2Sn. The molecule has 0 N–H and O–H groups in total. The fourth-order valence-corrected chi connectivity index (χ4v) is 0. The first kappa shape index (κ1) is 15.7. The van der Waals surface area contributed by atoms with Crippen molar-refractivity contribution in [2.75, 3.05) is 0 Å². The van der Waals surface area contributed by atoms with Crippen molar-refractivity contribution < 1.29 is 28.3 Å². The normalized spacial score (nSPS) is 1.60. The summed E-state index contributed by atoms with van der Waals surface area (Å²) in [5.41, 5.74) is 0. The van der Waals surface area contributed by atoms with Gasteiger partial charge in [-0.3, -0.25) is 0 Å². The number of hydrogen-bond acceptors (Lipinski definition) is 2. The van der Waals surface area contributed by atoms with Crippen LogP contribution in [0.5, 0.6) is 0 Å². The van der Waals surface area contributed by atoms with Gasteiger partial charge in [-0.2, -0.15) is 0 Å². The first-order chi connectivity index (χ1) is 2.00. The number of rotatable bonds is 0. The van der Waals surface area contributed by atoms with Crippen LogP contribution < -0.4 is 0 Å². The summed E-state index contributed by atoms with van der Waals surface area (Å²) >= 11 is 0.494. The van der Waals surface area contributed by atoms with Crippen LogP contribution in [-0.4, -0.2) is 47.2 Å². The van der Waals surface area contributed by atoms with Gasteiger partial charge in [0.25, 0.3) is 0 Å². The van der Waals surface area contributed by atoms with Gasteiger partial charge < -0.3 is 0 Å². The quantitative estimate of drug-likeness (QED) is 0.429. The van der Waals surface area contributed by atoms with E-state index in [-0.39, 0.29) is 47.1 Å². The third-order valence-electron chi connectivity index (χ3n) is 0. The van der Waals surface area contributed by atoms with Gasteiger partial charge in [-0.25, -0.2) is 0 Å². The van der Waals surface area contributed by atoms with Crippen molar-refractivity contribution in [2.45, 2.75) is 0 Å². The Kier molecular flexibility index (Phi) is 117. The monoisotopic (exact) mass is 468 g/mol. The second kappa shape index (κ2) is 37.1. The zero-order valence-electron chi connectivity index (χ0n) is 2.07. The average Bonchev–Trinajstić information content (AvgIpc) is 1.50. The predicted octanol–water partition coefficient (Wildman–Crippen LogP) is -1.00. The molecular weight excluding hydrogens is 468 g/mol. The van der Waals surface area contributed by atoms with E-state index in [4.69, 9.17) is 5.89 Å². The molecule has 0 spiro atoms. The second-order valence-corrected chi connectivity index (χ2v) is 0. The van der Waals surface area contributed by atoms with Crippen molar-refractivity contribution in [3.63, 3.8) is 0 Å². The molecule has 2 nitrogen and oxygen atoms in total. The SMILES string of the molecule is [Ag].[O]=[Bi].[O]=[Sn]. The van der Waals surface area contributed by atoms with Crippen LogP contribution in [-0.2, 0) is 28.3 Å². The van der Waals surface area contributed by atoms with Crippen LogP contribution in [0, 0.1) is 0 Å². The Morgan fingerprint density at radius 1 is 1.20 bits per heavy atom. The molecule has 5 heteroatoms. The van der Waals surface area contributed by atoms with E-state index in [1.165, 1.54) is 0 Å². The van der Waals surface area contributed by atoms with Gasteiger partial charge in [0.15, 0.2) is 0 Å². The molecule has 0 saturated carbocycles.